The largest absolute Gasteiger partial charge is 0.378 e. The van der Waals surface area contributed by atoms with E-state index in [4.69, 9.17) is 10.5 Å². The highest BCUT2D eigenvalue weighted by atomic mass is 16.5. The smallest absolute Gasteiger partial charge is 0.0547 e. The summed E-state index contributed by atoms with van der Waals surface area (Å²) in [5.74, 6) is 0.974. The van der Waals surface area contributed by atoms with Crippen molar-refractivity contribution >= 4 is 0 Å². The van der Waals surface area contributed by atoms with Gasteiger partial charge in [-0.15, -0.1) is 0 Å². The Balaban J connectivity index is 1.85. The van der Waals surface area contributed by atoms with Crippen LogP contribution in [0, 0.1) is 5.92 Å². The number of nitrogens with two attached hydrogens (primary N) is 1. The Bertz CT molecular complexity index is 123. The molecule has 0 aromatic heterocycles. The first-order chi connectivity index (χ1) is 6.33. The van der Waals surface area contributed by atoms with Gasteiger partial charge in [0.15, 0.2) is 0 Å². The Kier molecular flexibility index (Phi) is 5.40. The fourth-order valence-corrected chi connectivity index (χ4v) is 1.71. The third-order valence-electron chi connectivity index (χ3n) is 2.97. The van der Waals surface area contributed by atoms with Crippen molar-refractivity contribution in [3.63, 3.8) is 0 Å². The summed E-state index contributed by atoms with van der Waals surface area (Å²) < 4.78 is 5.69. The van der Waals surface area contributed by atoms with E-state index in [0.29, 0.717) is 6.10 Å². The Morgan fingerprint density at radius 2 is 2.23 bits per heavy atom. The summed E-state index contributed by atoms with van der Waals surface area (Å²) in [7, 11) is 0. The molecule has 0 bridgehead atoms. The third-order valence-corrected chi connectivity index (χ3v) is 2.97. The standard InChI is InChI=1S/C11H23NO/c1-10(4-3-8-12)13-9-7-11-5-2-6-11/h10-11H,2-9,12H2,1H3. The minimum atomic E-state index is 0.406. The van der Waals surface area contributed by atoms with E-state index in [9.17, 15) is 0 Å². The Labute approximate surface area is 81.8 Å². The van der Waals surface area contributed by atoms with Crippen LogP contribution < -0.4 is 5.73 Å². The SMILES string of the molecule is CC(CCCN)OCCC1CCC1. The van der Waals surface area contributed by atoms with Crippen molar-refractivity contribution in [3.05, 3.63) is 0 Å². The van der Waals surface area contributed by atoms with Crippen molar-refractivity contribution in [1.82, 2.24) is 0 Å². The van der Waals surface area contributed by atoms with Crippen LogP contribution in [-0.4, -0.2) is 19.3 Å². The normalized spacial score (nSPS) is 19.8. The lowest BCUT2D eigenvalue weighted by Crippen LogP contribution is -2.17. The summed E-state index contributed by atoms with van der Waals surface area (Å²) in [6.07, 6.45) is 8.18. The van der Waals surface area contributed by atoms with Gasteiger partial charge in [-0.1, -0.05) is 19.3 Å². The first-order valence-electron chi connectivity index (χ1n) is 5.64. The van der Waals surface area contributed by atoms with Crippen LogP contribution >= 0.6 is 0 Å². The molecule has 1 atom stereocenters. The van der Waals surface area contributed by atoms with Crippen molar-refractivity contribution in [2.45, 2.75) is 51.6 Å². The van der Waals surface area contributed by atoms with Crippen LogP contribution in [0.2, 0.25) is 0 Å². The first-order valence-corrected chi connectivity index (χ1v) is 5.64. The molecule has 13 heavy (non-hydrogen) atoms. The van der Waals surface area contributed by atoms with Gasteiger partial charge in [0.2, 0.25) is 0 Å². The highest BCUT2D eigenvalue weighted by molar-refractivity contribution is 4.69. The lowest BCUT2D eigenvalue weighted by molar-refractivity contribution is 0.0435. The maximum atomic E-state index is 5.69. The molecular formula is C11H23NO. The van der Waals surface area contributed by atoms with Crippen molar-refractivity contribution in [3.8, 4) is 0 Å². The molecule has 0 aliphatic heterocycles. The van der Waals surface area contributed by atoms with E-state index in [1.807, 2.05) is 0 Å². The van der Waals surface area contributed by atoms with E-state index in [-0.39, 0.29) is 0 Å². The second-order valence-corrected chi connectivity index (χ2v) is 4.20. The zero-order chi connectivity index (χ0) is 9.52. The summed E-state index contributed by atoms with van der Waals surface area (Å²) in [5.41, 5.74) is 5.43. The summed E-state index contributed by atoms with van der Waals surface area (Å²) in [5, 5.41) is 0. The molecule has 0 radical (unpaired) electrons. The van der Waals surface area contributed by atoms with E-state index in [1.54, 1.807) is 0 Å². The molecule has 1 fully saturated rings. The van der Waals surface area contributed by atoms with Crippen LogP contribution in [0.4, 0.5) is 0 Å². The fourth-order valence-electron chi connectivity index (χ4n) is 1.71. The van der Waals surface area contributed by atoms with Crippen LogP contribution in [0.5, 0.6) is 0 Å². The maximum Gasteiger partial charge on any atom is 0.0547 e. The number of hydrogen-bond acceptors (Lipinski definition) is 2. The molecule has 0 amide bonds. The lowest BCUT2D eigenvalue weighted by atomic mass is 9.83. The molecule has 0 aromatic carbocycles. The van der Waals surface area contributed by atoms with Crippen molar-refractivity contribution in [2.24, 2.45) is 11.7 Å². The zero-order valence-corrected chi connectivity index (χ0v) is 8.80. The molecule has 2 nitrogen and oxygen atoms in total. The van der Waals surface area contributed by atoms with E-state index >= 15 is 0 Å². The van der Waals surface area contributed by atoms with Gasteiger partial charge in [0.1, 0.15) is 0 Å². The molecule has 0 heterocycles. The van der Waals surface area contributed by atoms with Gasteiger partial charge in [-0.05, 0) is 38.6 Å². The van der Waals surface area contributed by atoms with Crippen molar-refractivity contribution in [1.29, 1.82) is 0 Å². The molecule has 0 spiro atoms. The third kappa shape index (κ3) is 4.63. The van der Waals surface area contributed by atoms with Crippen LogP contribution in [0.1, 0.15) is 45.4 Å². The second-order valence-electron chi connectivity index (χ2n) is 4.20. The van der Waals surface area contributed by atoms with Crippen LogP contribution in [0.25, 0.3) is 0 Å². The summed E-state index contributed by atoms with van der Waals surface area (Å²) in [4.78, 5) is 0. The van der Waals surface area contributed by atoms with E-state index < -0.39 is 0 Å². The summed E-state index contributed by atoms with van der Waals surface area (Å²) >= 11 is 0. The van der Waals surface area contributed by atoms with Crippen molar-refractivity contribution < 1.29 is 4.74 Å². The molecule has 1 saturated carbocycles. The van der Waals surface area contributed by atoms with Gasteiger partial charge in [-0.25, -0.2) is 0 Å². The highest BCUT2D eigenvalue weighted by Crippen LogP contribution is 2.29. The van der Waals surface area contributed by atoms with E-state index in [1.165, 1.54) is 25.7 Å². The Morgan fingerprint density at radius 1 is 1.46 bits per heavy atom. The van der Waals surface area contributed by atoms with Crippen LogP contribution in [-0.2, 0) is 4.74 Å². The summed E-state index contributed by atoms with van der Waals surface area (Å²) in [6, 6.07) is 0. The van der Waals surface area contributed by atoms with Gasteiger partial charge < -0.3 is 10.5 Å². The lowest BCUT2D eigenvalue weighted by Gasteiger charge is -2.25. The second kappa shape index (κ2) is 6.39. The van der Waals surface area contributed by atoms with Gasteiger partial charge in [0.25, 0.3) is 0 Å². The molecule has 0 aromatic rings. The van der Waals surface area contributed by atoms with Crippen LogP contribution in [0.3, 0.4) is 0 Å². The van der Waals surface area contributed by atoms with Crippen LogP contribution in [0.15, 0.2) is 0 Å². The number of hydrogen-bond donors (Lipinski definition) is 1. The topological polar surface area (TPSA) is 35.2 Å². The predicted molar refractivity (Wildman–Crippen MR) is 55.7 cm³/mol. The molecule has 78 valence electrons. The quantitative estimate of drug-likeness (QED) is 0.660. The molecule has 1 aliphatic rings. The van der Waals surface area contributed by atoms with Crippen molar-refractivity contribution in [2.75, 3.05) is 13.2 Å². The molecule has 1 aliphatic carbocycles. The predicted octanol–water partition coefficient (Wildman–Crippen LogP) is 2.32. The molecule has 2 N–H and O–H groups in total. The minimum Gasteiger partial charge on any atom is -0.378 e. The van der Waals surface area contributed by atoms with Gasteiger partial charge >= 0.3 is 0 Å². The maximum absolute atomic E-state index is 5.69. The monoisotopic (exact) mass is 185 g/mol. The molecule has 1 rings (SSSR count). The number of ether oxygens (including phenoxy) is 1. The van der Waals surface area contributed by atoms with Gasteiger partial charge in [0, 0.05) is 6.61 Å². The zero-order valence-electron chi connectivity index (χ0n) is 8.80. The Hall–Kier alpha value is -0.0800. The first kappa shape index (κ1) is 11.0. The molecule has 1 unspecified atom stereocenters. The van der Waals surface area contributed by atoms with Gasteiger partial charge in [-0.2, -0.15) is 0 Å². The fraction of sp³-hybridized carbons (Fsp3) is 1.00. The summed E-state index contributed by atoms with van der Waals surface area (Å²) in [6.45, 7) is 3.89. The van der Waals surface area contributed by atoms with Gasteiger partial charge in [-0.3, -0.25) is 0 Å². The Morgan fingerprint density at radius 3 is 2.77 bits per heavy atom. The van der Waals surface area contributed by atoms with Gasteiger partial charge in [0.05, 0.1) is 6.10 Å². The average molecular weight is 185 g/mol. The molecular weight excluding hydrogens is 162 g/mol. The minimum absolute atomic E-state index is 0.406. The molecule has 0 saturated heterocycles. The average Bonchev–Trinajstić information content (AvgIpc) is 2.06. The number of rotatable bonds is 7. The van der Waals surface area contributed by atoms with E-state index in [0.717, 1.165) is 31.9 Å². The molecule has 2 heteroatoms. The van der Waals surface area contributed by atoms with E-state index in [2.05, 4.69) is 6.92 Å². The highest BCUT2D eigenvalue weighted by Gasteiger charge is 2.16.